The van der Waals surface area contributed by atoms with Crippen molar-refractivity contribution in [3.05, 3.63) is 34.8 Å². The highest BCUT2D eigenvalue weighted by Gasteiger charge is 2.37. The van der Waals surface area contributed by atoms with Crippen molar-refractivity contribution in [2.75, 3.05) is 23.9 Å². The number of nitrogens with one attached hydrogen (secondary N) is 2. The molecule has 2 N–H and O–H groups in total. The van der Waals surface area contributed by atoms with Crippen molar-refractivity contribution in [3.63, 3.8) is 0 Å². The molecule has 1 aliphatic heterocycles. The lowest BCUT2D eigenvalue weighted by atomic mass is 10.1. The molecule has 9 nitrogen and oxygen atoms in total. The second-order valence-electron chi connectivity index (χ2n) is 6.40. The molecule has 1 unspecified atom stereocenters. The fourth-order valence-electron chi connectivity index (χ4n) is 3.19. The lowest BCUT2D eigenvalue weighted by Crippen LogP contribution is -2.28. The van der Waals surface area contributed by atoms with Gasteiger partial charge in [0.25, 0.3) is 0 Å². The fourth-order valence-corrected chi connectivity index (χ4v) is 3.99. The summed E-state index contributed by atoms with van der Waals surface area (Å²) in [6, 6.07) is 7.50. The Balaban J connectivity index is 1.49. The Hall–Kier alpha value is -3.27. The number of thiazole rings is 1. The summed E-state index contributed by atoms with van der Waals surface area (Å²) in [5.74, 6) is -1.05. The van der Waals surface area contributed by atoms with Crippen LogP contribution >= 0.6 is 11.3 Å². The van der Waals surface area contributed by atoms with Gasteiger partial charge in [0.05, 0.1) is 18.5 Å². The van der Waals surface area contributed by atoms with Gasteiger partial charge >= 0.3 is 5.97 Å². The highest BCUT2D eigenvalue weighted by molar-refractivity contribution is 7.16. The minimum Gasteiger partial charge on any atom is -0.464 e. The first-order valence-electron chi connectivity index (χ1n) is 8.58. The lowest BCUT2D eigenvalue weighted by molar-refractivity contribution is -0.122. The number of methoxy groups -OCH3 is 1. The summed E-state index contributed by atoms with van der Waals surface area (Å²) in [6.07, 6.45) is 0.0846. The highest BCUT2D eigenvalue weighted by atomic mass is 32.1. The Morgan fingerprint density at radius 3 is 2.93 bits per heavy atom. The van der Waals surface area contributed by atoms with Crippen LogP contribution in [0.3, 0.4) is 0 Å². The van der Waals surface area contributed by atoms with Crippen LogP contribution in [0.5, 0.6) is 0 Å². The van der Waals surface area contributed by atoms with E-state index in [0.29, 0.717) is 15.8 Å². The van der Waals surface area contributed by atoms with E-state index in [1.807, 2.05) is 24.3 Å². The molecule has 10 heteroatoms. The third kappa shape index (κ3) is 3.11. The number of hydrogen-bond donors (Lipinski definition) is 2. The van der Waals surface area contributed by atoms with Crippen molar-refractivity contribution in [2.24, 2.45) is 5.92 Å². The Bertz CT molecular complexity index is 1090. The number of amides is 2. The summed E-state index contributed by atoms with van der Waals surface area (Å²) in [4.78, 5) is 43.1. The molecule has 1 aromatic carbocycles. The number of H-pyrrole nitrogens is 1. The van der Waals surface area contributed by atoms with Gasteiger partial charge in [-0.1, -0.05) is 12.1 Å². The van der Waals surface area contributed by atoms with Crippen LogP contribution in [0.2, 0.25) is 0 Å². The largest absolute Gasteiger partial charge is 0.464 e. The quantitative estimate of drug-likeness (QED) is 0.649. The number of benzene rings is 1. The number of rotatable bonds is 4. The number of fused-ring (bicyclic) bond motifs is 1. The van der Waals surface area contributed by atoms with Crippen LogP contribution in [0.1, 0.15) is 21.8 Å². The maximum absolute atomic E-state index is 12.6. The number of aromatic amines is 1. The van der Waals surface area contributed by atoms with Gasteiger partial charge in [0.15, 0.2) is 16.6 Å². The van der Waals surface area contributed by atoms with Crippen molar-refractivity contribution in [3.8, 4) is 0 Å². The molecular formula is C18H17N5O4S. The van der Waals surface area contributed by atoms with E-state index >= 15 is 0 Å². The first kappa shape index (κ1) is 18.1. The molecule has 0 aliphatic carbocycles. The fraction of sp³-hybridized carbons (Fsp3) is 0.278. The second kappa shape index (κ2) is 7.04. The van der Waals surface area contributed by atoms with E-state index in [-0.39, 0.29) is 30.5 Å². The first-order chi connectivity index (χ1) is 13.5. The number of ether oxygens (including phenoxy) is 1. The number of aryl methyl sites for hydroxylation is 1. The van der Waals surface area contributed by atoms with Crippen molar-refractivity contribution >= 4 is 51.0 Å². The number of anilines is 2. The molecule has 1 atom stereocenters. The highest BCUT2D eigenvalue weighted by Crippen LogP contribution is 2.30. The van der Waals surface area contributed by atoms with Crippen LogP contribution in [0, 0.1) is 12.8 Å². The van der Waals surface area contributed by atoms with Crippen LogP contribution in [-0.2, 0) is 14.3 Å². The van der Waals surface area contributed by atoms with Gasteiger partial charge in [-0.25, -0.2) is 9.78 Å². The number of aromatic nitrogens is 3. The van der Waals surface area contributed by atoms with E-state index in [4.69, 9.17) is 0 Å². The van der Waals surface area contributed by atoms with Gasteiger partial charge in [0.2, 0.25) is 11.8 Å². The number of esters is 1. The molecule has 4 rings (SSSR count). The SMILES string of the molecule is COC(=O)c1nc(NC(=O)C2CC(=O)N(c3n[nH]c4ccccc34)C2)sc1C. The summed E-state index contributed by atoms with van der Waals surface area (Å²) in [5.41, 5.74) is 1.00. The predicted octanol–water partition coefficient (Wildman–Crippen LogP) is 2.11. The van der Waals surface area contributed by atoms with E-state index < -0.39 is 11.9 Å². The number of nitrogens with zero attached hydrogens (tertiary/aromatic N) is 3. The van der Waals surface area contributed by atoms with Gasteiger partial charge in [0, 0.05) is 23.2 Å². The third-order valence-electron chi connectivity index (χ3n) is 4.61. The molecule has 3 heterocycles. The Kier molecular flexibility index (Phi) is 4.55. The van der Waals surface area contributed by atoms with Gasteiger partial charge in [-0.3, -0.25) is 19.6 Å². The van der Waals surface area contributed by atoms with E-state index in [1.165, 1.54) is 23.3 Å². The molecule has 2 amide bonds. The molecule has 2 aromatic heterocycles. The van der Waals surface area contributed by atoms with E-state index in [1.54, 1.807) is 6.92 Å². The Morgan fingerprint density at radius 1 is 1.36 bits per heavy atom. The van der Waals surface area contributed by atoms with Crippen LogP contribution < -0.4 is 10.2 Å². The van der Waals surface area contributed by atoms with E-state index in [9.17, 15) is 14.4 Å². The monoisotopic (exact) mass is 399 g/mol. The van der Waals surface area contributed by atoms with Gasteiger partial charge in [-0.05, 0) is 19.1 Å². The van der Waals surface area contributed by atoms with Crippen LogP contribution in [0.4, 0.5) is 10.9 Å². The maximum Gasteiger partial charge on any atom is 0.357 e. The lowest BCUT2D eigenvalue weighted by Gasteiger charge is -2.13. The third-order valence-corrected chi connectivity index (χ3v) is 5.49. The van der Waals surface area contributed by atoms with Crippen molar-refractivity contribution in [1.29, 1.82) is 0 Å². The summed E-state index contributed by atoms with van der Waals surface area (Å²) in [6.45, 7) is 1.96. The molecule has 1 aliphatic rings. The number of para-hydroxylation sites is 1. The average Bonchev–Trinajstić information content (AvgIpc) is 3.37. The standard InChI is InChI=1S/C18H17N5O4S/c1-9-14(17(26)27-2)19-18(28-9)20-16(25)10-7-13(24)23(8-10)15-11-5-3-4-6-12(11)21-22-15/h3-6,10H,7-8H2,1-2H3,(H,21,22)(H,19,20,25). The average molecular weight is 399 g/mol. The smallest absolute Gasteiger partial charge is 0.357 e. The minimum atomic E-state index is -0.554. The number of carbonyl (C=O) groups excluding carboxylic acids is 3. The summed E-state index contributed by atoms with van der Waals surface area (Å²) >= 11 is 1.19. The molecule has 0 spiro atoms. The van der Waals surface area contributed by atoms with Crippen molar-refractivity contribution in [2.45, 2.75) is 13.3 Å². The zero-order valence-corrected chi connectivity index (χ0v) is 16.0. The summed E-state index contributed by atoms with van der Waals surface area (Å²) < 4.78 is 4.67. The Morgan fingerprint density at radius 2 is 2.14 bits per heavy atom. The first-order valence-corrected chi connectivity index (χ1v) is 9.39. The van der Waals surface area contributed by atoms with Gasteiger partial charge in [0.1, 0.15) is 0 Å². The molecule has 3 aromatic rings. The van der Waals surface area contributed by atoms with Crippen molar-refractivity contribution < 1.29 is 19.1 Å². The molecule has 1 saturated heterocycles. The molecule has 0 saturated carbocycles. The molecule has 0 radical (unpaired) electrons. The Labute approximate surface area is 163 Å². The zero-order valence-electron chi connectivity index (χ0n) is 15.2. The van der Waals surface area contributed by atoms with Crippen LogP contribution in [0.25, 0.3) is 10.9 Å². The normalized spacial score (nSPS) is 16.6. The maximum atomic E-state index is 12.6. The molecular weight excluding hydrogens is 382 g/mol. The van der Waals surface area contributed by atoms with Crippen LogP contribution in [0.15, 0.2) is 24.3 Å². The van der Waals surface area contributed by atoms with E-state index in [0.717, 1.165) is 10.9 Å². The molecule has 28 heavy (non-hydrogen) atoms. The van der Waals surface area contributed by atoms with Gasteiger partial charge in [-0.15, -0.1) is 11.3 Å². The van der Waals surface area contributed by atoms with Gasteiger partial charge < -0.3 is 10.1 Å². The summed E-state index contributed by atoms with van der Waals surface area (Å²) in [5, 5.41) is 11.0. The topological polar surface area (TPSA) is 117 Å². The number of carbonyl (C=O) groups is 3. The van der Waals surface area contributed by atoms with Crippen molar-refractivity contribution in [1.82, 2.24) is 15.2 Å². The molecule has 144 valence electrons. The predicted molar refractivity (Wildman–Crippen MR) is 103 cm³/mol. The van der Waals surface area contributed by atoms with Crippen LogP contribution in [-0.4, -0.2) is 46.6 Å². The van der Waals surface area contributed by atoms with E-state index in [2.05, 4.69) is 25.2 Å². The minimum absolute atomic E-state index is 0.0846. The number of hydrogen-bond acceptors (Lipinski definition) is 7. The van der Waals surface area contributed by atoms with Gasteiger partial charge in [-0.2, -0.15) is 5.10 Å². The molecule has 1 fully saturated rings. The molecule has 0 bridgehead atoms. The summed E-state index contributed by atoms with van der Waals surface area (Å²) in [7, 11) is 1.27. The zero-order chi connectivity index (χ0) is 19.8. The second-order valence-corrected chi connectivity index (χ2v) is 7.61.